The van der Waals surface area contributed by atoms with Crippen molar-refractivity contribution in [2.45, 2.75) is 111 Å². The van der Waals surface area contributed by atoms with E-state index in [9.17, 15) is 20.1 Å². The maximum Gasteiger partial charge on any atom is 0.409 e. The molecule has 0 aromatic carbocycles. The molecule has 4 aliphatic carbocycles. The fourth-order valence-corrected chi connectivity index (χ4v) is 10.9. The summed E-state index contributed by atoms with van der Waals surface area (Å²) in [6, 6.07) is 0. The molecule has 4 saturated carbocycles. The zero-order chi connectivity index (χ0) is 27.2. The van der Waals surface area contributed by atoms with E-state index in [2.05, 4.69) is 27.7 Å². The number of amides is 1. The molecule has 0 aromatic heterocycles. The summed E-state index contributed by atoms with van der Waals surface area (Å²) in [5.74, 6) is 3.52. The molecule has 0 bridgehead atoms. The molecule has 1 saturated heterocycles. The van der Waals surface area contributed by atoms with E-state index in [-0.39, 0.29) is 41.7 Å². The third kappa shape index (κ3) is 4.83. The van der Waals surface area contributed by atoms with Gasteiger partial charge in [0.1, 0.15) is 0 Å². The number of carbonyl (C=O) groups is 1. The Hall–Kier alpha value is -0.850. The average molecular weight is 534 g/mol. The number of nitrogens with zero attached hydrogens (tertiary/aromatic N) is 1. The number of aliphatic hydroxyl groups is 3. The zero-order valence-electron chi connectivity index (χ0n) is 24.5. The lowest BCUT2D eigenvalue weighted by Gasteiger charge is -2.64. The fourth-order valence-electron chi connectivity index (χ4n) is 10.9. The third-order valence-corrected chi connectivity index (χ3v) is 13.0. The number of rotatable bonds is 6. The van der Waals surface area contributed by atoms with Gasteiger partial charge in [0.2, 0.25) is 0 Å². The van der Waals surface area contributed by atoms with Crippen molar-refractivity contribution in [3.63, 3.8) is 0 Å². The van der Waals surface area contributed by atoms with E-state index in [0.29, 0.717) is 54.6 Å². The lowest BCUT2D eigenvalue weighted by atomic mass is 9.41. The maximum atomic E-state index is 12.7. The van der Waals surface area contributed by atoms with Gasteiger partial charge in [0.15, 0.2) is 0 Å². The number of hydrogen-bond acceptors (Lipinski definition) is 5. The Bertz CT molecular complexity index is 837. The normalized spacial score (nSPS) is 47.6. The smallest absolute Gasteiger partial charge is 0.409 e. The topological polar surface area (TPSA) is 90.2 Å². The van der Waals surface area contributed by atoms with Crippen LogP contribution < -0.4 is 0 Å². The van der Waals surface area contributed by atoms with Gasteiger partial charge in [-0.15, -0.1) is 0 Å². The van der Waals surface area contributed by atoms with Crippen molar-refractivity contribution in [2.75, 3.05) is 26.3 Å². The highest BCUT2D eigenvalue weighted by molar-refractivity contribution is 5.67. The lowest BCUT2D eigenvalue weighted by molar-refractivity contribution is -0.203. The van der Waals surface area contributed by atoms with Gasteiger partial charge in [-0.25, -0.2) is 4.79 Å². The number of hydrogen-bond donors (Lipinski definition) is 3. The molecule has 1 amide bonds. The van der Waals surface area contributed by atoms with Crippen molar-refractivity contribution < 1.29 is 24.9 Å². The zero-order valence-corrected chi connectivity index (χ0v) is 24.5. The van der Waals surface area contributed by atoms with Crippen LogP contribution in [0, 0.1) is 58.2 Å². The molecule has 5 fully saturated rings. The van der Waals surface area contributed by atoms with E-state index < -0.39 is 0 Å². The summed E-state index contributed by atoms with van der Waals surface area (Å²) in [6.45, 7) is 11.6. The van der Waals surface area contributed by atoms with E-state index in [1.165, 1.54) is 25.7 Å². The Morgan fingerprint density at radius 3 is 2.50 bits per heavy atom. The highest BCUT2D eigenvalue weighted by Crippen LogP contribution is 2.69. The Morgan fingerprint density at radius 1 is 1.03 bits per heavy atom. The van der Waals surface area contributed by atoms with Crippen molar-refractivity contribution in [3.05, 3.63) is 0 Å². The van der Waals surface area contributed by atoms with Gasteiger partial charge in [-0.1, -0.05) is 34.1 Å². The molecule has 12 atom stereocenters. The summed E-state index contributed by atoms with van der Waals surface area (Å²) in [5, 5.41) is 31.9. The number of carbonyl (C=O) groups excluding carboxylic acids is 1. The molecule has 5 rings (SSSR count). The van der Waals surface area contributed by atoms with E-state index in [1.807, 2.05) is 0 Å². The Balaban J connectivity index is 1.23. The molecule has 1 aliphatic heterocycles. The predicted octanol–water partition coefficient (Wildman–Crippen LogP) is 5.48. The fraction of sp³-hybridized carbons (Fsp3) is 0.969. The first-order valence-electron chi connectivity index (χ1n) is 16.0. The highest BCUT2D eigenvalue weighted by Gasteiger charge is 2.64. The molecule has 6 nitrogen and oxygen atoms in total. The molecule has 6 heteroatoms. The molecule has 38 heavy (non-hydrogen) atoms. The standard InChI is InChI=1S/C32H55NO5/c1-5-23-27-17-22(35)10-13-32(27,4)26-11-14-31(3)24(8-9-25(31)28(26)29(23)36)20(2)12-16-38-30(37)33-15-6-7-21(18-33)19-34/h20-29,34-36H,5-19H2,1-4H3/t20-,21-,22-,23-,24-,25+,26+,27?,28?,29-,31?,32?/m1/s1. The van der Waals surface area contributed by atoms with Crippen LogP contribution in [-0.4, -0.2) is 64.8 Å². The lowest BCUT2D eigenvalue weighted by Crippen LogP contribution is -2.62. The van der Waals surface area contributed by atoms with Gasteiger partial charge in [0.05, 0.1) is 18.8 Å². The first-order chi connectivity index (χ1) is 18.1. The Kier molecular flexibility index (Phi) is 8.45. The van der Waals surface area contributed by atoms with Crippen LogP contribution in [0.2, 0.25) is 0 Å². The minimum atomic E-state index is -0.250. The minimum Gasteiger partial charge on any atom is -0.449 e. The molecule has 218 valence electrons. The van der Waals surface area contributed by atoms with E-state index >= 15 is 0 Å². The van der Waals surface area contributed by atoms with Crippen LogP contribution in [0.25, 0.3) is 0 Å². The summed E-state index contributed by atoms with van der Waals surface area (Å²) >= 11 is 0. The largest absolute Gasteiger partial charge is 0.449 e. The summed E-state index contributed by atoms with van der Waals surface area (Å²) in [5.41, 5.74) is 0.481. The number of ether oxygens (including phenoxy) is 1. The number of piperidine rings is 1. The van der Waals surface area contributed by atoms with Gasteiger partial charge >= 0.3 is 6.09 Å². The minimum absolute atomic E-state index is 0.138. The second-order valence-electron chi connectivity index (χ2n) is 14.6. The predicted molar refractivity (Wildman–Crippen MR) is 148 cm³/mol. The quantitative estimate of drug-likeness (QED) is 0.421. The summed E-state index contributed by atoms with van der Waals surface area (Å²) in [4.78, 5) is 14.4. The molecule has 0 aromatic rings. The van der Waals surface area contributed by atoms with Crippen molar-refractivity contribution in [2.24, 2.45) is 58.2 Å². The molecular formula is C32H55NO5. The average Bonchev–Trinajstić information content (AvgIpc) is 3.27. The third-order valence-electron chi connectivity index (χ3n) is 13.0. The maximum absolute atomic E-state index is 12.7. The van der Waals surface area contributed by atoms with Crippen molar-refractivity contribution >= 4 is 6.09 Å². The van der Waals surface area contributed by atoms with Crippen LogP contribution in [0.5, 0.6) is 0 Å². The van der Waals surface area contributed by atoms with E-state index in [4.69, 9.17) is 4.74 Å². The summed E-state index contributed by atoms with van der Waals surface area (Å²) < 4.78 is 5.73. The summed E-state index contributed by atoms with van der Waals surface area (Å²) in [6.07, 6.45) is 10.9. The molecule has 3 N–H and O–H groups in total. The number of fused-ring (bicyclic) bond motifs is 5. The van der Waals surface area contributed by atoms with Gasteiger partial charge in [0, 0.05) is 19.7 Å². The Morgan fingerprint density at radius 2 is 1.76 bits per heavy atom. The Labute approximate surface area is 230 Å². The monoisotopic (exact) mass is 533 g/mol. The second-order valence-corrected chi connectivity index (χ2v) is 14.6. The number of likely N-dealkylation sites (tertiary alicyclic amines) is 1. The van der Waals surface area contributed by atoms with Crippen LogP contribution in [0.1, 0.15) is 98.3 Å². The van der Waals surface area contributed by atoms with Gasteiger partial charge in [-0.2, -0.15) is 0 Å². The first-order valence-corrected chi connectivity index (χ1v) is 16.0. The van der Waals surface area contributed by atoms with Crippen LogP contribution in [0.4, 0.5) is 4.79 Å². The van der Waals surface area contributed by atoms with Crippen molar-refractivity contribution in [1.82, 2.24) is 4.90 Å². The molecule has 4 unspecified atom stereocenters. The summed E-state index contributed by atoms with van der Waals surface area (Å²) in [7, 11) is 0. The van der Waals surface area contributed by atoms with Gasteiger partial charge < -0.3 is 25.0 Å². The van der Waals surface area contributed by atoms with Crippen molar-refractivity contribution in [3.8, 4) is 0 Å². The van der Waals surface area contributed by atoms with E-state index in [1.54, 1.807) is 4.90 Å². The molecular weight excluding hydrogens is 478 g/mol. The van der Waals surface area contributed by atoms with E-state index in [0.717, 1.165) is 51.5 Å². The molecule has 0 spiro atoms. The van der Waals surface area contributed by atoms with Crippen LogP contribution >= 0.6 is 0 Å². The molecule has 5 aliphatic rings. The van der Waals surface area contributed by atoms with Crippen LogP contribution in [0.15, 0.2) is 0 Å². The highest BCUT2D eigenvalue weighted by atomic mass is 16.6. The molecule has 1 heterocycles. The molecule has 0 radical (unpaired) electrons. The van der Waals surface area contributed by atoms with Crippen LogP contribution in [0.3, 0.4) is 0 Å². The van der Waals surface area contributed by atoms with Gasteiger partial charge in [-0.05, 0) is 122 Å². The van der Waals surface area contributed by atoms with Crippen molar-refractivity contribution in [1.29, 1.82) is 0 Å². The number of aliphatic hydroxyl groups excluding tert-OH is 3. The van der Waals surface area contributed by atoms with Gasteiger partial charge in [0.25, 0.3) is 0 Å². The van der Waals surface area contributed by atoms with Crippen LogP contribution in [-0.2, 0) is 4.74 Å². The van der Waals surface area contributed by atoms with Gasteiger partial charge in [-0.3, -0.25) is 0 Å². The first kappa shape index (κ1) is 28.7. The SMILES string of the molecule is CC[C@@H]1C2C[C@H](O)CCC2(C)[C@H]2CCC3(C)[C@@H]([C@H](C)CCOC(=O)N4CCC[C@@H](CO)C4)CC[C@H]3C2[C@@H]1O. The second kappa shape index (κ2) is 11.2.